The molecule has 0 aliphatic rings. The second kappa shape index (κ2) is 12.9. The molecule has 3 aromatic carbocycles. The number of para-hydroxylation sites is 1. The maximum absolute atomic E-state index is 12.1. The first-order valence-corrected chi connectivity index (χ1v) is 11.3. The SMILES string of the molecule is CC(=O)O.O=C(COc1ccc(Br)cc1)N/N=C/c1cn(-c2ccccc2)nc1-c1ccccc1. The highest BCUT2D eigenvalue weighted by Crippen LogP contribution is 2.22. The average Bonchev–Trinajstić information content (AvgIpc) is 3.29. The molecule has 1 aromatic heterocycles. The van der Waals surface area contributed by atoms with Gasteiger partial charge in [0.05, 0.1) is 11.9 Å². The molecule has 0 spiro atoms. The molecule has 9 heteroatoms. The molecular formula is C26H23BrN4O4. The summed E-state index contributed by atoms with van der Waals surface area (Å²) in [7, 11) is 0. The summed E-state index contributed by atoms with van der Waals surface area (Å²) in [4.78, 5) is 21.1. The minimum absolute atomic E-state index is 0.131. The van der Waals surface area contributed by atoms with Gasteiger partial charge < -0.3 is 9.84 Å². The molecule has 0 bridgehead atoms. The lowest BCUT2D eigenvalue weighted by Gasteiger charge is -2.04. The van der Waals surface area contributed by atoms with Crippen LogP contribution in [-0.4, -0.2) is 39.6 Å². The summed E-state index contributed by atoms with van der Waals surface area (Å²) in [6.45, 7) is 0.952. The first-order valence-electron chi connectivity index (χ1n) is 10.5. The predicted molar refractivity (Wildman–Crippen MR) is 138 cm³/mol. The molecule has 8 nitrogen and oxygen atoms in total. The van der Waals surface area contributed by atoms with E-state index in [0.29, 0.717) is 5.75 Å². The van der Waals surface area contributed by atoms with E-state index in [-0.39, 0.29) is 12.5 Å². The molecule has 1 amide bonds. The monoisotopic (exact) mass is 534 g/mol. The van der Waals surface area contributed by atoms with Crippen LogP contribution in [0.3, 0.4) is 0 Å². The van der Waals surface area contributed by atoms with Crippen LogP contribution in [0.2, 0.25) is 0 Å². The van der Waals surface area contributed by atoms with Crippen molar-refractivity contribution in [2.24, 2.45) is 5.10 Å². The Bertz CT molecular complexity index is 1270. The van der Waals surface area contributed by atoms with E-state index in [1.165, 1.54) is 0 Å². The summed E-state index contributed by atoms with van der Waals surface area (Å²) >= 11 is 3.36. The van der Waals surface area contributed by atoms with E-state index in [2.05, 4.69) is 26.5 Å². The van der Waals surface area contributed by atoms with E-state index in [1.54, 1.807) is 23.0 Å². The number of carboxylic acid groups (broad SMARTS) is 1. The maximum atomic E-state index is 12.1. The number of carboxylic acids is 1. The largest absolute Gasteiger partial charge is 0.484 e. The lowest BCUT2D eigenvalue weighted by Crippen LogP contribution is -2.24. The van der Waals surface area contributed by atoms with Crippen molar-refractivity contribution in [3.05, 3.63) is 101 Å². The molecule has 0 aliphatic heterocycles. The van der Waals surface area contributed by atoms with Crippen LogP contribution < -0.4 is 10.2 Å². The van der Waals surface area contributed by atoms with E-state index in [9.17, 15) is 4.79 Å². The summed E-state index contributed by atoms with van der Waals surface area (Å²) in [6.07, 6.45) is 3.47. The van der Waals surface area contributed by atoms with Crippen LogP contribution in [0.5, 0.6) is 5.75 Å². The van der Waals surface area contributed by atoms with Gasteiger partial charge in [-0.25, -0.2) is 10.1 Å². The minimum atomic E-state index is -0.833. The van der Waals surface area contributed by atoms with Gasteiger partial charge in [0.1, 0.15) is 11.4 Å². The number of carbonyl (C=O) groups excluding carboxylic acids is 1. The number of hydrogen-bond donors (Lipinski definition) is 2. The predicted octanol–water partition coefficient (Wildman–Crippen LogP) is 4.92. The van der Waals surface area contributed by atoms with Crippen molar-refractivity contribution in [1.29, 1.82) is 0 Å². The Morgan fingerprint density at radius 2 is 1.63 bits per heavy atom. The molecule has 0 saturated carbocycles. The summed E-state index contributed by atoms with van der Waals surface area (Å²) in [5.41, 5.74) is 5.95. The number of ether oxygens (including phenoxy) is 1. The van der Waals surface area contributed by atoms with Gasteiger partial charge in [0, 0.05) is 28.7 Å². The van der Waals surface area contributed by atoms with Crippen LogP contribution in [0.4, 0.5) is 0 Å². The quantitative estimate of drug-likeness (QED) is 0.258. The highest BCUT2D eigenvalue weighted by molar-refractivity contribution is 9.10. The van der Waals surface area contributed by atoms with Crippen LogP contribution in [0, 0.1) is 0 Å². The average molecular weight is 535 g/mol. The van der Waals surface area contributed by atoms with Gasteiger partial charge in [-0.05, 0) is 36.4 Å². The third kappa shape index (κ3) is 8.24. The molecule has 2 N–H and O–H groups in total. The Hall–Kier alpha value is -4.24. The smallest absolute Gasteiger partial charge is 0.300 e. The van der Waals surface area contributed by atoms with E-state index >= 15 is 0 Å². The van der Waals surface area contributed by atoms with E-state index in [4.69, 9.17) is 19.7 Å². The number of amides is 1. The maximum Gasteiger partial charge on any atom is 0.300 e. The summed E-state index contributed by atoms with van der Waals surface area (Å²) in [6, 6.07) is 26.9. The third-order valence-electron chi connectivity index (χ3n) is 4.39. The molecule has 0 unspecified atom stereocenters. The van der Waals surface area contributed by atoms with Gasteiger partial charge in [-0.1, -0.05) is 64.5 Å². The number of benzene rings is 3. The Kier molecular flexibility index (Phi) is 9.32. The Labute approximate surface area is 211 Å². The lowest BCUT2D eigenvalue weighted by molar-refractivity contribution is -0.134. The fourth-order valence-electron chi connectivity index (χ4n) is 2.90. The van der Waals surface area contributed by atoms with E-state index in [1.807, 2.05) is 79.0 Å². The van der Waals surface area contributed by atoms with Crippen LogP contribution in [0.1, 0.15) is 12.5 Å². The number of hydrogen-bond acceptors (Lipinski definition) is 5. The molecule has 1 heterocycles. The second-order valence-electron chi connectivity index (χ2n) is 7.13. The van der Waals surface area contributed by atoms with Crippen LogP contribution >= 0.6 is 15.9 Å². The molecule has 0 fully saturated rings. The van der Waals surface area contributed by atoms with Crippen molar-refractivity contribution in [2.75, 3.05) is 6.61 Å². The number of nitrogens with one attached hydrogen (secondary N) is 1. The molecular weight excluding hydrogens is 512 g/mol. The fourth-order valence-corrected chi connectivity index (χ4v) is 3.17. The lowest BCUT2D eigenvalue weighted by atomic mass is 10.1. The van der Waals surface area contributed by atoms with E-state index in [0.717, 1.165) is 33.9 Å². The van der Waals surface area contributed by atoms with Gasteiger partial charge in [-0.15, -0.1) is 0 Å². The molecule has 178 valence electrons. The van der Waals surface area contributed by atoms with Crippen molar-refractivity contribution < 1.29 is 19.4 Å². The summed E-state index contributed by atoms with van der Waals surface area (Å²) < 4.78 is 8.19. The molecule has 0 aliphatic carbocycles. The fraction of sp³-hybridized carbons (Fsp3) is 0.0769. The zero-order chi connectivity index (χ0) is 25.0. The first kappa shape index (κ1) is 25.4. The van der Waals surface area contributed by atoms with Crippen LogP contribution in [0.25, 0.3) is 16.9 Å². The minimum Gasteiger partial charge on any atom is -0.484 e. The van der Waals surface area contributed by atoms with Gasteiger partial charge in [-0.3, -0.25) is 9.59 Å². The third-order valence-corrected chi connectivity index (χ3v) is 4.92. The molecule has 0 saturated heterocycles. The Balaban J connectivity index is 0.000000795. The number of aliphatic carboxylic acids is 1. The van der Waals surface area contributed by atoms with Gasteiger partial charge in [0.15, 0.2) is 6.61 Å². The highest BCUT2D eigenvalue weighted by Gasteiger charge is 2.11. The summed E-state index contributed by atoms with van der Waals surface area (Å²) in [5.74, 6) is -0.575. The van der Waals surface area contributed by atoms with Gasteiger partial charge in [0.25, 0.3) is 11.9 Å². The van der Waals surface area contributed by atoms with Gasteiger partial charge >= 0.3 is 0 Å². The number of rotatable bonds is 7. The number of aromatic nitrogens is 2. The molecule has 4 aromatic rings. The highest BCUT2D eigenvalue weighted by atomic mass is 79.9. The molecule has 4 rings (SSSR count). The van der Waals surface area contributed by atoms with Crippen molar-refractivity contribution in [2.45, 2.75) is 6.92 Å². The van der Waals surface area contributed by atoms with Crippen molar-refractivity contribution in [3.63, 3.8) is 0 Å². The first-order chi connectivity index (χ1) is 16.9. The topological polar surface area (TPSA) is 106 Å². The van der Waals surface area contributed by atoms with Crippen LogP contribution in [0.15, 0.2) is 101 Å². The second-order valence-corrected chi connectivity index (χ2v) is 8.05. The number of hydrazone groups is 1. The number of halogens is 1. The number of nitrogens with zero attached hydrogens (tertiary/aromatic N) is 3. The Morgan fingerprint density at radius 1 is 1.03 bits per heavy atom. The zero-order valence-electron chi connectivity index (χ0n) is 18.8. The normalized spacial score (nSPS) is 10.3. The molecule has 35 heavy (non-hydrogen) atoms. The van der Waals surface area contributed by atoms with Crippen LogP contribution in [-0.2, 0) is 9.59 Å². The van der Waals surface area contributed by atoms with Crippen molar-refractivity contribution >= 4 is 34.0 Å². The van der Waals surface area contributed by atoms with Gasteiger partial charge in [0.2, 0.25) is 0 Å². The van der Waals surface area contributed by atoms with Crippen molar-refractivity contribution in [3.8, 4) is 22.7 Å². The van der Waals surface area contributed by atoms with E-state index < -0.39 is 5.97 Å². The Morgan fingerprint density at radius 3 is 2.26 bits per heavy atom. The van der Waals surface area contributed by atoms with Gasteiger partial charge in [-0.2, -0.15) is 10.2 Å². The standard InChI is InChI=1S/C24H19BrN4O2.C2H4O2/c25-20-11-13-22(14-12-20)31-17-23(30)27-26-15-19-16-29(21-9-5-2-6-10-21)28-24(19)18-7-3-1-4-8-18;1-2(3)4/h1-16H,17H2,(H,27,30);1H3,(H,3,4)/b26-15+;. The molecule has 0 atom stereocenters. The number of carbonyl (C=O) groups is 2. The van der Waals surface area contributed by atoms with Crippen molar-refractivity contribution in [1.82, 2.24) is 15.2 Å². The summed E-state index contributed by atoms with van der Waals surface area (Å²) in [5, 5.41) is 16.2. The molecule has 0 radical (unpaired) electrons. The zero-order valence-corrected chi connectivity index (χ0v) is 20.4.